The molecule has 0 saturated carbocycles. The van der Waals surface area contributed by atoms with Gasteiger partial charge in [-0.25, -0.2) is 4.79 Å². The second-order valence-corrected chi connectivity index (χ2v) is 3.08. The molecule has 11 heavy (non-hydrogen) atoms. The van der Waals surface area contributed by atoms with E-state index in [2.05, 4.69) is 5.32 Å². The van der Waals surface area contributed by atoms with Crippen LogP contribution >= 0.6 is 23.2 Å². The fourth-order valence-electron chi connectivity index (χ4n) is 0.374. The summed E-state index contributed by atoms with van der Waals surface area (Å²) in [6.07, 6.45) is 1.50. The van der Waals surface area contributed by atoms with Crippen molar-refractivity contribution in [2.75, 3.05) is 20.6 Å². The third-order valence-electron chi connectivity index (χ3n) is 0.916. The van der Waals surface area contributed by atoms with E-state index in [4.69, 9.17) is 23.2 Å². The smallest absolute Gasteiger partial charge is 0.317 e. The van der Waals surface area contributed by atoms with Gasteiger partial charge in [0.1, 0.15) is 4.49 Å². The normalized spacial score (nSPS) is 8.73. The van der Waals surface area contributed by atoms with Crippen LogP contribution in [-0.4, -0.2) is 31.6 Å². The summed E-state index contributed by atoms with van der Waals surface area (Å²) in [4.78, 5) is 12.3. The minimum atomic E-state index is -0.171. The van der Waals surface area contributed by atoms with E-state index in [0.717, 1.165) is 0 Å². The van der Waals surface area contributed by atoms with Crippen LogP contribution in [0.15, 0.2) is 10.6 Å². The molecule has 0 unspecified atom stereocenters. The summed E-state index contributed by atoms with van der Waals surface area (Å²) < 4.78 is 0.157. The van der Waals surface area contributed by atoms with Gasteiger partial charge in [0.25, 0.3) is 0 Å². The molecule has 1 N–H and O–H groups in total. The summed E-state index contributed by atoms with van der Waals surface area (Å²) in [6.45, 7) is 0.347. The van der Waals surface area contributed by atoms with Crippen LogP contribution in [-0.2, 0) is 0 Å². The second-order valence-electron chi connectivity index (χ2n) is 2.07. The molecule has 0 heterocycles. The van der Waals surface area contributed by atoms with Crippen molar-refractivity contribution in [1.82, 2.24) is 10.2 Å². The van der Waals surface area contributed by atoms with Gasteiger partial charge in [0.15, 0.2) is 0 Å². The average molecular weight is 197 g/mol. The minimum Gasteiger partial charge on any atom is -0.334 e. The Bertz CT molecular complexity index is 164. The number of hydrogen-bond donors (Lipinski definition) is 1. The molecule has 0 aromatic carbocycles. The van der Waals surface area contributed by atoms with Crippen molar-refractivity contribution in [3.8, 4) is 0 Å². The molecule has 0 atom stereocenters. The van der Waals surface area contributed by atoms with Crippen molar-refractivity contribution in [3.63, 3.8) is 0 Å². The number of hydrogen-bond acceptors (Lipinski definition) is 1. The number of urea groups is 1. The summed E-state index contributed by atoms with van der Waals surface area (Å²) in [5, 5.41) is 2.56. The van der Waals surface area contributed by atoms with Crippen LogP contribution < -0.4 is 5.32 Å². The third kappa shape index (κ3) is 6.01. The first kappa shape index (κ1) is 10.6. The third-order valence-corrected chi connectivity index (χ3v) is 1.22. The number of amides is 2. The van der Waals surface area contributed by atoms with Gasteiger partial charge in [-0.15, -0.1) is 0 Å². The summed E-state index contributed by atoms with van der Waals surface area (Å²) in [5.74, 6) is 0. The van der Waals surface area contributed by atoms with E-state index in [1.165, 1.54) is 11.0 Å². The topological polar surface area (TPSA) is 32.3 Å². The molecule has 0 saturated heterocycles. The molecular formula is C6H10Cl2N2O. The Balaban J connectivity index is 3.56. The van der Waals surface area contributed by atoms with Gasteiger partial charge in [-0.3, -0.25) is 0 Å². The molecule has 64 valence electrons. The Kier molecular flexibility index (Phi) is 5.07. The Morgan fingerprint density at radius 3 is 2.45 bits per heavy atom. The molecule has 0 aliphatic heterocycles. The van der Waals surface area contributed by atoms with E-state index < -0.39 is 0 Å². The van der Waals surface area contributed by atoms with Crippen molar-refractivity contribution in [2.45, 2.75) is 0 Å². The highest BCUT2D eigenvalue weighted by molar-refractivity contribution is 6.55. The summed E-state index contributed by atoms with van der Waals surface area (Å²) in [5.41, 5.74) is 0. The molecule has 0 aromatic heterocycles. The lowest BCUT2D eigenvalue weighted by atomic mass is 10.6. The fraction of sp³-hybridized carbons (Fsp3) is 0.500. The maximum atomic E-state index is 10.8. The zero-order valence-corrected chi connectivity index (χ0v) is 7.91. The van der Waals surface area contributed by atoms with Crippen LogP contribution in [0.2, 0.25) is 0 Å². The predicted octanol–water partition coefficient (Wildman–Crippen LogP) is 1.58. The van der Waals surface area contributed by atoms with E-state index in [-0.39, 0.29) is 10.5 Å². The SMILES string of the molecule is CN(C)C(=O)NCC=C(Cl)Cl. The van der Waals surface area contributed by atoms with Gasteiger partial charge in [0, 0.05) is 20.6 Å². The Morgan fingerprint density at radius 1 is 1.55 bits per heavy atom. The van der Waals surface area contributed by atoms with Crippen molar-refractivity contribution in [1.29, 1.82) is 0 Å². The van der Waals surface area contributed by atoms with Crippen LogP contribution in [0.3, 0.4) is 0 Å². The van der Waals surface area contributed by atoms with Gasteiger partial charge >= 0.3 is 6.03 Å². The minimum absolute atomic E-state index is 0.157. The standard InChI is InChI=1S/C6H10Cl2N2O/c1-10(2)6(11)9-4-3-5(7)8/h3H,4H2,1-2H3,(H,9,11). The van der Waals surface area contributed by atoms with Crippen LogP contribution in [0, 0.1) is 0 Å². The van der Waals surface area contributed by atoms with Crippen molar-refractivity contribution in [3.05, 3.63) is 10.6 Å². The Morgan fingerprint density at radius 2 is 2.09 bits per heavy atom. The summed E-state index contributed by atoms with van der Waals surface area (Å²) >= 11 is 10.6. The molecule has 0 aliphatic carbocycles. The number of carbonyl (C=O) groups excluding carboxylic acids is 1. The second kappa shape index (κ2) is 5.27. The monoisotopic (exact) mass is 196 g/mol. The quantitative estimate of drug-likeness (QED) is 0.715. The van der Waals surface area contributed by atoms with Gasteiger partial charge in [-0.05, 0) is 6.08 Å². The zero-order chi connectivity index (χ0) is 8.85. The van der Waals surface area contributed by atoms with E-state index in [9.17, 15) is 4.79 Å². The Hall–Kier alpha value is -0.410. The molecule has 0 spiro atoms. The molecule has 0 bridgehead atoms. The maximum Gasteiger partial charge on any atom is 0.317 e. The first-order chi connectivity index (χ1) is 5.04. The number of halogens is 2. The van der Waals surface area contributed by atoms with Gasteiger partial charge in [0.05, 0.1) is 0 Å². The van der Waals surface area contributed by atoms with E-state index in [1.807, 2.05) is 0 Å². The molecule has 5 heteroatoms. The number of carbonyl (C=O) groups is 1. The lowest BCUT2D eigenvalue weighted by Crippen LogP contribution is -2.34. The highest BCUT2D eigenvalue weighted by Crippen LogP contribution is 2.03. The molecular weight excluding hydrogens is 187 g/mol. The average Bonchev–Trinajstić information content (AvgIpc) is 1.86. The van der Waals surface area contributed by atoms with Gasteiger partial charge in [-0.2, -0.15) is 0 Å². The van der Waals surface area contributed by atoms with E-state index >= 15 is 0 Å². The molecule has 0 radical (unpaired) electrons. The lowest BCUT2D eigenvalue weighted by molar-refractivity contribution is 0.218. The van der Waals surface area contributed by atoms with Crippen molar-refractivity contribution >= 4 is 29.2 Å². The first-order valence-electron chi connectivity index (χ1n) is 3.00. The van der Waals surface area contributed by atoms with Crippen LogP contribution in [0.25, 0.3) is 0 Å². The van der Waals surface area contributed by atoms with E-state index in [1.54, 1.807) is 14.1 Å². The van der Waals surface area contributed by atoms with Crippen LogP contribution in [0.1, 0.15) is 0 Å². The number of nitrogens with zero attached hydrogens (tertiary/aromatic N) is 1. The summed E-state index contributed by atoms with van der Waals surface area (Å²) in [7, 11) is 3.31. The Labute approximate surface area is 76.0 Å². The molecule has 2 amide bonds. The zero-order valence-electron chi connectivity index (χ0n) is 6.40. The van der Waals surface area contributed by atoms with Gasteiger partial charge < -0.3 is 10.2 Å². The van der Waals surface area contributed by atoms with E-state index in [0.29, 0.717) is 6.54 Å². The number of rotatable bonds is 2. The van der Waals surface area contributed by atoms with Crippen LogP contribution in [0.4, 0.5) is 4.79 Å². The fourth-order valence-corrected chi connectivity index (χ4v) is 0.528. The van der Waals surface area contributed by atoms with Gasteiger partial charge in [-0.1, -0.05) is 23.2 Å². The van der Waals surface area contributed by atoms with Gasteiger partial charge in [0.2, 0.25) is 0 Å². The highest BCUT2D eigenvalue weighted by atomic mass is 35.5. The molecule has 0 rings (SSSR count). The van der Waals surface area contributed by atoms with Crippen molar-refractivity contribution in [2.24, 2.45) is 0 Å². The predicted molar refractivity (Wildman–Crippen MR) is 46.9 cm³/mol. The summed E-state index contributed by atoms with van der Waals surface area (Å²) in [6, 6.07) is -0.171. The lowest BCUT2D eigenvalue weighted by Gasteiger charge is -2.09. The molecule has 0 aliphatic rings. The number of nitrogens with one attached hydrogen (secondary N) is 1. The highest BCUT2D eigenvalue weighted by Gasteiger charge is 1.98. The molecule has 0 fully saturated rings. The maximum absolute atomic E-state index is 10.8. The van der Waals surface area contributed by atoms with Crippen molar-refractivity contribution < 1.29 is 4.79 Å². The largest absolute Gasteiger partial charge is 0.334 e. The van der Waals surface area contributed by atoms with Crippen LogP contribution in [0.5, 0.6) is 0 Å². The molecule has 3 nitrogen and oxygen atoms in total. The first-order valence-corrected chi connectivity index (χ1v) is 3.76. The molecule has 0 aromatic rings.